The first-order chi connectivity index (χ1) is 13.4. The highest BCUT2D eigenvalue weighted by Crippen LogP contribution is 2.28. The highest BCUT2D eigenvalue weighted by atomic mass is 15.3. The third-order valence-corrected chi connectivity index (χ3v) is 4.81. The molecule has 1 aliphatic rings. The molecule has 0 spiro atoms. The fourth-order valence-corrected chi connectivity index (χ4v) is 3.53. The van der Waals surface area contributed by atoms with Crippen LogP contribution >= 0.6 is 0 Å². The summed E-state index contributed by atoms with van der Waals surface area (Å²) in [5, 5.41) is 9.12. The first-order valence-electron chi connectivity index (χ1n) is 9.02. The van der Waals surface area contributed by atoms with Gasteiger partial charge in [-0.2, -0.15) is 5.10 Å². The highest BCUT2D eigenvalue weighted by molar-refractivity contribution is 5.91. The van der Waals surface area contributed by atoms with E-state index in [-0.39, 0.29) is 0 Å². The molecule has 27 heavy (non-hydrogen) atoms. The highest BCUT2D eigenvalue weighted by Gasteiger charge is 2.20. The van der Waals surface area contributed by atoms with Crippen molar-refractivity contribution in [1.82, 2.24) is 24.7 Å². The molecule has 0 unspecified atom stereocenters. The molecule has 4 aromatic rings. The molecule has 1 aromatic carbocycles. The van der Waals surface area contributed by atoms with Gasteiger partial charge in [0.1, 0.15) is 0 Å². The molecule has 0 saturated heterocycles. The van der Waals surface area contributed by atoms with E-state index in [2.05, 4.69) is 60.2 Å². The Balaban J connectivity index is 1.36. The normalized spacial score (nSPS) is 13.6. The fraction of sp³-hybridized carbons (Fsp3) is 0.200. The number of rotatable bonds is 4. The van der Waals surface area contributed by atoms with Gasteiger partial charge in [0.15, 0.2) is 0 Å². The van der Waals surface area contributed by atoms with E-state index in [4.69, 9.17) is 5.10 Å². The zero-order chi connectivity index (χ0) is 18.1. The summed E-state index contributed by atoms with van der Waals surface area (Å²) in [4.78, 5) is 15.2. The SMILES string of the molecule is c1cnc(NCc2cc3n(n2)CCN(c2ccnc4ccccc24)C3)nc1. The zero-order valence-corrected chi connectivity index (χ0v) is 14.8. The van der Waals surface area contributed by atoms with Crippen molar-refractivity contribution in [2.75, 3.05) is 16.8 Å². The second-order valence-corrected chi connectivity index (χ2v) is 6.54. The molecule has 1 N–H and O–H groups in total. The number of aromatic nitrogens is 5. The molecule has 0 saturated carbocycles. The minimum Gasteiger partial charge on any atom is -0.363 e. The van der Waals surface area contributed by atoms with Gasteiger partial charge in [0.05, 0.1) is 36.5 Å². The first-order valence-corrected chi connectivity index (χ1v) is 9.02. The van der Waals surface area contributed by atoms with Crippen LogP contribution in [0.5, 0.6) is 0 Å². The van der Waals surface area contributed by atoms with Gasteiger partial charge in [0.2, 0.25) is 5.95 Å². The van der Waals surface area contributed by atoms with Crippen molar-refractivity contribution in [1.29, 1.82) is 0 Å². The van der Waals surface area contributed by atoms with Crippen LogP contribution in [0.1, 0.15) is 11.4 Å². The van der Waals surface area contributed by atoms with Gasteiger partial charge in [-0.15, -0.1) is 0 Å². The second kappa shape index (κ2) is 6.68. The van der Waals surface area contributed by atoms with Crippen LogP contribution < -0.4 is 10.2 Å². The minimum absolute atomic E-state index is 0.613. The number of nitrogens with one attached hydrogen (secondary N) is 1. The third-order valence-electron chi connectivity index (χ3n) is 4.81. The van der Waals surface area contributed by atoms with Crippen molar-refractivity contribution in [2.45, 2.75) is 19.6 Å². The van der Waals surface area contributed by atoms with E-state index in [0.717, 1.165) is 30.8 Å². The van der Waals surface area contributed by atoms with Gasteiger partial charge in [-0.1, -0.05) is 18.2 Å². The fourth-order valence-electron chi connectivity index (χ4n) is 3.53. The number of anilines is 2. The van der Waals surface area contributed by atoms with Gasteiger partial charge in [-0.05, 0) is 24.3 Å². The van der Waals surface area contributed by atoms with E-state index in [1.807, 2.05) is 12.3 Å². The van der Waals surface area contributed by atoms with E-state index in [1.54, 1.807) is 18.5 Å². The molecule has 0 aliphatic carbocycles. The molecule has 0 atom stereocenters. The summed E-state index contributed by atoms with van der Waals surface area (Å²) in [6.45, 7) is 3.25. The van der Waals surface area contributed by atoms with Crippen LogP contribution in [0.2, 0.25) is 0 Å². The van der Waals surface area contributed by atoms with Crippen LogP contribution in [-0.2, 0) is 19.6 Å². The maximum absolute atomic E-state index is 4.72. The van der Waals surface area contributed by atoms with E-state index in [9.17, 15) is 0 Å². The lowest BCUT2D eigenvalue weighted by atomic mass is 10.1. The van der Waals surface area contributed by atoms with Gasteiger partial charge in [-0.25, -0.2) is 9.97 Å². The third kappa shape index (κ3) is 3.08. The average Bonchev–Trinajstić information content (AvgIpc) is 3.15. The van der Waals surface area contributed by atoms with Gasteiger partial charge in [0, 0.05) is 36.2 Å². The van der Waals surface area contributed by atoms with Crippen LogP contribution in [0.4, 0.5) is 11.6 Å². The zero-order valence-electron chi connectivity index (χ0n) is 14.8. The Morgan fingerprint density at radius 2 is 1.81 bits per heavy atom. The van der Waals surface area contributed by atoms with E-state index < -0.39 is 0 Å². The number of para-hydroxylation sites is 1. The number of benzene rings is 1. The maximum atomic E-state index is 4.72. The quantitative estimate of drug-likeness (QED) is 0.606. The predicted octanol–water partition coefficient (Wildman–Crippen LogP) is 2.85. The summed E-state index contributed by atoms with van der Waals surface area (Å²) in [7, 11) is 0. The Labute approximate surface area is 156 Å². The Bertz CT molecular complexity index is 1070. The van der Waals surface area contributed by atoms with Crippen LogP contribution in [0.15, 0.2) is 61.1 Å². The molecule has 3 aromatic heterocycles. The summed E-state index contributed by atoms with van der Waals surface area (Å²) in [6.07, 6.45) is 5.34. The molecule has 0 amide bonds. The van der Waals surface area contributed by atoms with E-state index in [1.165, 1.54) is 16.8 Å². The lowest BCUT2D eigenvalue weighted by Gasteiger charge is -2.30. The summed E-state index contributed by atoms with van der Waals surface area (Å²) in [5.74, 6) is 0.619. The summed E-state index contributed by atoms with van der Waals surface area (Å²) in [5.41, 5.74) is 4.47. The average molecular weight is 357 g/mol. The molecule has 134 valence electrons. The molecule has 1 aliphatic heterocycles. The molecule has 0 bridgehead atoms. The van der Waals surface area contributed by atoms with Crippen LogP contribution in [0.3, 0.4) is 0 Å². The molecule has 7 nitrogen and oxygen atoms in total. The topological polar surface area (TPSA) is 71.8 Å². The second-order valence-electron chi connectivity index (χ2n) is 6.54. The molecule has 0 radical (unpaired) electrons. The Morgan fingerprint density at radius 3 is 2.74 bits per heavy atom. The summed E-state index contributed by atoms with van der Waals surface area (Å²) < 4.78 is 2.10. The lowest BCUT2D eigenvalue weighted by molar-refractivity contribution is 0.517. The largest absolute Gasteiger partial charge is 0.363 e. The molecule has 7 heteroatoms. The molecule has 0 fully saturated rings. The van der Waals surface area contributed by atoms with Crippen molar-refractivity contribution < 1.29 is 0 Å². The molecule has 5 rings (SSSR count). The lowest BCUT2D eigenvalue weighted by Crippen LogP contribution is -2.33. The van der Waals surface area contributed by atoms with Gasteiger partial charge in [0.25, 0.3) is 0 Å². The smallest absolute Gasteiger partial charge is 0.222 e. The van der Waals surface area contributed by atoms with Gasteiger partial charge < -0.3 is 10.2 Å². The minimum atomic E-state index is 0.613. The molecular weight excluding hydrogens is 338 g/mol. The van der Waals surface area contributed by atoms with Gasteiger partial charge in [-0.3, -0.25) is 9.67 Å². The Hall–Kier alpha value is -3.48. The number of hydrogen-bond acceptors (Lipinski definition) is 6. The van der Waals surface area contributed by atoms with Crippen LogP contribution in [0, 0.1) is 0 Å². The summed E-state index contributed by atoms with van der Waals surface area (Å²) in [6, 6.07) is 14.4. The number of hydrogen-bond donors (Lipinski definition) is 1. The van der Waals surface area contributed by atoms with Crippen molar-refractivity contribution in [3.63, 3.8) is 0 Å². The summed E-state index contributed by atoms with van der Waals surface area (Å²) >= 11 is 0. The van der Waals surface area contributed by atoms with Crippen LogP contribution in [-0.4, -0.2) is 31.3 Å². The number of fused-ring (bicyclic) bond motifs is 2. The number of pyridine rings is 1. The van der Waals surface area contributed by atoms with E-state index in [0.29, 0.717) is 12.5 Å². The molecule has 4 heterocycles. The predicted molar refractivity (Wildman–Crippen MR) is 104 cm³/mol. The van der Waals surface area contributed by atoms with Crippen molar-refractivity contribution in [3.8, 4) is 0 Å². The monoisotopic (exact) mass is 357 g/mol. The number of nitrogens with zero attached hydrogens (tertiary/aromatic N) is 6. The maximum Gasteiger partial charge on any atom is 0.222 e. The Kier molecular flexibility index (Phi) is 3.90. The van der Waals surface area contributed by atoms with Gasteiger partial charge >= 0.3 is 0 Å². The van der Waals surface area contributed by atoms with E-state index >= 15 is 0 Å². The Morgan fingerprint density at radius 1 is 0.926 bits per heavy atom. The van der Waals surface area contributed by atoms with Crippen LogP contribution in [0.25, 0.3) is 10.9 Å². The van der Waals surface area contributed by atoms with Crippen molar-refractivity contribution in [3.05, 3.63) is 72.4 Å². The molecular formula is C20H19N7. The first kappa shape index (κ1) is 15.7. The van der Waals surface area contributed by atoms with Crippen molar-refractivity contribution >= 4 is 22.5 Å². The van der Waals surface area contributed by atoms with Crippen molar-refractivity contribution in [2.24, 2.45) is 0 Å². The standard InChI is InChI=1S/C20H19N7/c1-2-5-18-17(4-1)19(6-9-21-18)26-10-11-27-16(14-26)12-15(25-27)13-24-20-22-7-3-8-23-20/h1-9,12H,10-11,13-14H2,(H,22,23,24).